The average Bonchev–Trinajstić information content (AvgIpc) is 3.34. The minimum Gasteiger partial charge on any atom is -0.339 e. The Bertz CT molecular complexity index is 716. The molecule has 0 radical (unpaired) electrons. The van der Waals surface area contributed by atoms with Crippen molar-refractivity contribution in [3.05, 3.63) is 29.7 Å². The van der Waals surface area contributed by atoms with E-state index in [0.29, 0.717) is 30.0 Å². The molecule has 4 rings (SSSR count). The molecule has 2 aromatic heterocycles. The van der Waals surface area contributed by atoms with Crippen LogP contribution in [0.3, 0.4) is 0 Å². The van der Waals surface area contributed by atoms with Crippen LogP contribution in [-0.2, 0) is 0 Å². The topological polar surface area (TPSA) is 77.0 Å². The molecule has 7 nitrogen and oxygen atoms in total. The molecule has 0 aromatic carbocycles. The van der Waals surface area contributed by atoms with Gasteiger partial charge in [0, 0.05) is 19.3 Å². The quantitative estimate of drug-likeness (QED) is 0.865. The predicted molar refractivity (Wildman–Crippen MR) is 86.6 cm³/mol. The molecular weight excluding hydrogens is 306 g/mol. The highest BCUT2D eigenvalue weighted by Crippen LogP contribution is 2.29. The van der Waals surface area contributed by atoms with Gasteiger partial charge in [0.2, 0.25) is 5.89 Å². The molecule has 2 aromatic rings. The molecule has 2 fully saturated rings. The number of hydrogen-bond acceptors (Lipinski definition) is 5. The van der Waals surface area contributed by atoms with Crippen molar-refractivity contribution in [1.82, 2.24) is 24.8 Å². The van der Waals surface area contributed by atoms with Gasteiger partial charge >= 0.3 is 0 Å². The zero-order chi connectivity index (χ0) is 16.5. The average molecular weight is 329 g/mol. The van der Waals surface area contributed by atoms with Crippen LogP contribution in [0.4, 0.5) is 0 Å². The first-order valence-electron chi connectivity index (χ1n) is 8.85. The normalized spacial score (nSPS) is 22.2. The van der Waals surface area contributed by atoms with Crippen molar-refractivity contribution >= 4 is 5.91 Å². The van der Waals surface area contributed by atoms with Crippen molar-refractivity contribution in [3.8, 4) is 0 Å². The second-order valence-corrected chi connectivity index (χ2v) is 6.89. The molecule has 1 saturated heterocycles. The summed E-state index contributed by atoms with van der Waals surface area (Å²) in [6, 6.07) is 2.31. The van der Waals surface area contributed by atoms with Gasteiger partial charge in [-0.2, -0.15) is 10.1 Å². The molecule has 24 heavy (non-hydrogen) atoms. The number of carbonyl (C=O) groups is 1. The number of rotatable bonds is 3. The Morgan fingerprint density at radius 3 is 2.83 bits per heavy atom. The van der Waals surface area contributed by atoms with Gasteiger partial charge < -0.3 is 9.42 Å². The Hall–Kier alpha value is -2.18. The first-order valence-corrected chi connectivity index (χ1v) is 8.85. The molecule has 3 heterocycles. The maximum absolute atomic E-state index is 12.8. The molecule has 1 atom stereocenters. The van der Waals surface area contributed by atoms with Gasteiger partial charge in [-0.15, -0.1) is 0 Å². The summed E-state index contributed by atoms with van der Waals surface area (Å²) in [5.41, 5.74) is 0.546. The fourth-order valence-electron chi connectivity index (χ4n) is 3.83. The molecule has 1 amide bonds. The predicted octanol–water partition coefficient (Wildman–Crippen LogP) is 2.71. The van der Waals surface area contributed by atoms with Crippen LogP contribution < -0.4 is 0 Å². The molecule has 7 heteroatoms. The van der Waals surface area contributed by atoms with Crippen molar-refractivity contribution in [2.75, 3.05) is 13.1 Å². The van der Waals surface area contributed by atoms with E-state index in [1.165, 1.54) is 12.8 Å². The zero-order valence-electron chi connectivity index (χ0n) is 14.0. The number of aromatic nitrogens is 4. The summed E-state index contributed by atoms with van der Waals surface area (Å²) < 4.78 is 7.27. The van der Waals surface area contributed by atoms with Gasteiger partial charge in [0.25, 0.3) is 5.91 Å². The van der Waals surface area contributed by atoms with E-state index < -0.39 is 0 Å². The van der Waals surface area contributed by atoms with Gasteiger partial charge in [-0.1, -0.05) is 18.0 Å². The van der Waals surface area contributed by atoms with Crippen LogP contribution in [0.2, 0.25) is 0 Å². The Morgan fingerprint density at radius 2 is 2.08 bits per heavy atom. The summed E-state index contributed by atoms with van der Waals surface area (Å²) in [6.45, 7) is 3.20. The third kappa shape index (κ3) is 2.95. The second-order valence-electron chi connectivity index (χ2n) is 6.89. The summed E-state index contributed by atoms with van der Waals surface area (Å²) in [5.74, 6) is 1.42. The number of nitrogens with zero attached hydrogens (tertiary/aromatic N) is 5. The molecule has 0 spiro atoms. The lowest BCUT2D eigenvalue weighted by Crippen LogP contribution is -2.39. The van der Waals surface area contributed by atoms with Crippen LogP contribution in [0.15, 0.2) is 16.8 Å². The lowest BCUT2D eigenvalue weighted by molar-refractivity contribution is 0.0688. The highest BCUT2D eigenvalue weighted by Gasteiger charge is 2.30. The maximum Gasteiger partial charge on any atom is 0.274 e. The molecule has 1 aliphatic heterocycles. The van der Waals surface area contributed by atoms with Crippen LogP contribution in [0.5, 0.6) is 0 Å². The van der Waals surface area contributed by atoms with Crippen molar-refractivity contribution in [3.63, 3.8) is 0 Å². The fraction of sp³-hybridized carbons (Fsp3) is 0.647. The minimum absolute atomic E-state index is 0.00711. The van der Waals surface area contributed by atoms with Crippen molar-refractivity contribution in [2.45, 2.75) is 57.4 Å². The Labute approximate surface area is 141 Å². The highest BCUT2D eigenvalue weighted by atomic mass is 16.5. The molecule has 2 aliphatic rings. The summed E-state index contributed by atoms with van der Waals surface area (Å²) in [6.07, 6.45) is 8.71. The number of hydrogen-bond donors (Lipinski definition) is 0. The lowest BCUT2D eigenvalue weighted by Gasteiger charge is -2.30. The number of aryl methyl sites for hydroxylation is 1. The van der Waals surface area contributed by atoms with E-state index in [1.807, 2.05) is 28.8 Å². The Balaban J connectivity index is 1.45. The first kappa shape index (κ1) is 15.4. The summed E-state index contributed by atoms with van der Waals surface area (Å²) in [7, 11) is 0. The van der Waals surface area contributed by atoms with Gasteiger partial charge in [-0.05, 0) is 38.7 Å². The standard InChI is InChI=1S/C17H23N5O2/c1-12-18-16(24-20-12)13-5-4-9-21(11-13)17(23)15-8-10-22(19-15)14-6-2-3-7-14/h8,10,13-14H,2-7,9,11H2,1H3/t13-/m1/s1. The van der Waals surface area contributed by atoms with Gasteiger partial charge in [0.05, 0.1) is 12.0 Å². The maximum atomic E-state index is 12.8. The highest BCUT2D eigenvalue weighted by molar-refractivity contribution is 5.92. The van der Waals surface area contributed by atoms with E-state index in [-0.39, 0.29) is 11.8 Å². The third-order valence-electron chi connectivity index (χ3n) is 5.13. The largest absolute Gasteiger partial charge is 0.339 e. The van der Waals surface area contributed by atoms with Crippen LogP contribution in [0, 0.1) is 6.92 Å². The summed E-state index contributed by atoms with van der Waals surface area (Å²) >= 11 is 0. The molecule has 0 N–H and O–H groups in total. The molecule has 0 unspecified atom stereocenters. The van der Waals surface area contributed by atoms with E-state index in [1.54, 1.807) is 0 Å². The van der Waals surface area contributed by atoms with Crippen LogP contribution in [-0.4, -0.2) is 43.8 Å². The Kier molecular flexibility index (Phi) is 4.08. The third-order valence-corrected chi connectivity index (χ3v) is 5.13. The zero-order valence-corrected chi connectivity index (χ0v) is 14.0. The van der Waals surface area contributed by atoms with Crippen LogP contribution in [0.25, 0.3) is 0 Å². The molecule has 0 bridgehead atoms. The van der Waals surface area contributed by atoms with Gasteiger partial charge in [-0.3, -0.25) is 9.48 Å². The van der Waals surface area contributed by atoms with Gasteiger partial charge in [0.15, 0.2) is 5.82 Å². The minimum atomic E-state index is 0.00711. The van der Waals surface area contributed by atoms with E-state index >= 15 is 0 Å². The second kappa shape index (κ2) is 6.37. The van der Waals surface area contributed by atoms with E-state index in [2.05, 4.69) is 15.2 Å². The van der Waals surface area contributed by atoms with Crippen molar-refractivity contribution < 1.29 is 9.32 Å². The lowest BCUT2D eigenvalue weighted by atomic mass is 9.97. The summed E-state index contributed by atoms with van der Waals surface area (Å²) in [5, 5.41) is 8.41. The van der Waals surface area contributed by atoms with E-state index in [9.17, 15) is 4.79 Å². The monoisotopic (exact) mass is 329 g/mol. The molecule has 1 saturated carbocycles. The van der Waals surface area contributed by atoms with Crippen molar-refractivity contribution in [2.24, 2.45) is 0 Å². The fourth-order valence-corrected chi connectivity index (χ4v) is 3.83. The number of amides is 1. The SMILES string of the molecule is Cc1noc([C@@H]2CCCN(C(=O)c3ccn(C4CCCC4)n3)C2)n1. The molecule has 128 valence electrons. The van der Waals surface area contributed by atoms with Crippen molar-refractivity contribution in [1.29, 1.82) is 0 Å². The number of likely N-dealkylation sites (tertiary alicyclic amines) is 1. The van der Waals surface area contributed by atoms with Gasteiger partial charge in [0.1, 0.15) is 5.69 Å². The Morgan fingerprint density at radius 1 is 1.25 bits per heavy atom. The number of carbonyl (C=O) groups excluding carboxylic acids is 1. The van der Waals surface area contributed by atoms with E-state index in [4.69, 9.17) is 4.52 Å². The first-order chi connectivity index (χ1) is 11.7. The van der Waals surface area contributed by atoms with Crippen LogP contribution >= 0.6 is 0 Å². The number of piperidine rings is 1. The van der Waals surface area contributed by atoms with E-state index in [0.717, 1.165) is 32.2 Å². The van der Waals surface area contributed by atoms with Crippen LogP contribution in [0.1, 0.15) is 72.7 Å². The molecule has 1 aliphatic carbocycles. The van der Waals surface area contributed by atoms with Gasteiger partial charge in [-0.25, -0.2) is 0 Å². The smallest absolute Gasteiger partial charge is 0.274 e. The molecular formula is C17H23N5O2. The summed E-state index contributed by atoms with van der Waals surface area (Å²) in [4.78, 5) is 19.0.